The molecule has 2 amide bonds. The molecule has 44 heavy (non-hydrogen) atoms. The van der Waals surface area contributed by atoms with Crippen molar-refractivity contribution in [1.29, 1.82) is 0 Å². The summed E-state index contributed by atoms with van der Waals surface area (Å²) < 4.78 is 42.6. The molecule has 0 bridgehead atoms. The molecule has 0 aliphatic heterocycles. The quantitative estimate of drug-likeness (QED) is 0.193. The minimum Gasteiger partial charge on any atom is -0.354 e. The van der Waals surface area contributed by atoms with Crippen LogP contribution in [-0.4, -0.2) is 44.3 Å². The molecule has 230 valence electrons. The van der Waals surface area contributed by atoms with Gasteiger partial charge in [0.1, 0.15) is 18.4 Å². The lowest BCUT2D eigenvalue weighted by molar-refractivity contribution is -0.140. The number of sulfonamides is 1. The molecular weight excluding hydrogens is 601 g/mol. The fraction of sp³-hybridized carbons (Fsp3) is 0.235. The van der Waals surface area contributed by atoms with E-state index in [4.69, 9.17) is 11.6 Å². The Labute approximate surface area is 263 Å². The molecule has 4 aromatic carbocycles. The molecule has 0 fully saturated rings. The van der Waals surface area contributed by atoms with Gasteiger partial charge in [0, 0.05) is 24.5 Å². The van der Waals surface area contributed by atoms with Gasteiger partial charge in [-0.1, -0.05) is 86.1 Å². The highest BCUT2D eigenvalue weighted by molar-refractivity contribution is 7.92. The molecule has 0 aliphatic rings. The summed E-state index contributed by atoms with van der Waals surface area (Å²) in [4.78, 5) is 29.5. The van der Waals surface area contributed by atoms with Gasteiger partial charge in [0.05, 0.1) is 10.6 Å². The van der Waals surface area contributed by atoms with Crippen LogP contribution in [0.15, 0.2) is 114 Å². The summed E-state index contributed by atoms with van der Waals surface area (Å²) in [6.07, 6.45) is 0.194. The van der Waals surface area contributed by atoms with Crippen molar-refractivity contribution in [1.82, 2.24) is 10.2 Å². The van der Waals surface area contributed by atoms with Crippen LogP contribution in [0.3, 0.4) is 0 Å². The Morgan fingerprint density at radius 2 is 1.45 bits per heavy atom. The van der Waals surface area contributed by atoms with Crippen LogP contribution in [0.1, 0.15) is 25.0 Å². The summed E-state index contributed by atoms with van der Waals surface area (Å²) in [7, 11) is -4.26. The maximum Gasteiger partial charge on any atom is 0.264 e. The lowest BCUT2D eigenvalue weighted by Crippen LogP contribution is -2.53. The number of halogens is 2. The molecule has 1 N–H and O–H groups in total. The third-order valence-electron chi connectivity index (χ3n) is 6.92. The number of hydrogen-bond acceptors (Lipinski definition) is 4. The van der Waals surface area contributed by atoms with Crippen LogP contribution in [0.4, 0.5) is 10.1 Å². The maximum atomic E-state index is 14.4. The fourth-order valence-electron chi connectivity index (χ4n) is 4.66. The van der Waals surface area contributed by atoms with E-state index in [0.29, 0.717) is 17.1 Å². The van der Waals surface area contributed by atoms with E-state index in [1.807, 2.05) is 44.2 Å². The third-order valence-corrected chi connectivity index (χ3v) is 8.95. The molecule has 4 aromatic rings. The molecule has 10 heteroatoms. The van der Waals surface area contributed by atoms with Crippen molar-refractivity contribution < 1.29 is 22.4 Å². The summed E-state index contributed by atoms with van der Waals surface area (Å²) in [6, 6.07) is 27.9. The third kappa shape index (κ3) is 8.67. The Balaban J connectivity index is 1.79. The average Bonchev–Trinajstić information content (AvgIpc) is 3.01. The molecular formula is C34H35ClFN3O4S. The van der Waals surface area contributed by atoms with Crippen molar-refractivity contribution in [2.24, 2.45) is 5.92 Å². The van der Waals surface area contributed by atoms with Gasteiger partial charge in [-0.25, -0.2) is 12.8 Å². The van der Waals surface area contributed by atoms with Crippen molar-refractivity contribution >= 4 is 39.1 Å². The molecule has 4 rings (SSSR count). The largest absolute Gasteiger partial charge is 0.354 e. The van der Waals surface area contributed by atoms with E-state index < -0.39 is 34.3 Å². The first-order chi connectivity index (χ1) is 21.0. The van der Waals surface area contributed by atoms with Gasteiger partial charge in [0.2, 0.25) is 11.8 Å². The highest BCUT2D eigenvalue weighted by Crippen LogP contribution is 2.25. The zero-order valence-corrected chi connectivity index (χ0v) is 26.1. The number of nitrogens with zero attached hydrogens (tertiary/aromatic N) is 2. The van der Waals surface area contributed by atoms with Crippen molar-refractivity contribution in [3.05, 3.63) is 131 Å². The van der Waals surface area contributed by atoms with E-state index in [1.165, 1.54) is 29.2 Å². The zero-order chi connectivity index (χ0) is 31.7. The summed E-state index contributed by atoms with van der Waals surface area (Å²) >= 11 is 6.27. The molecule has 0 heterocycles. The van der Waals surface area contributed by atoms with Crippen LogP contribution < -0.4 is 9.62 Å². The predicted octanol–water partition coefficient (Wildman–Crippen LogP) is 6.09. The summed E-state index contributed by atoms with van der Waals surface area (Å²) in [5.41, 5.74) is 1.60. The number of carbonyl (C=O) groups excluding carboxylic acids is 2. The van der Waals surface area contributed by atoms with Gasteiger partial charge >= 0.3 is 0 Å². The van der Waals surface area contributed by atoms with Gasteiger partial charge in [0.15, 0.2) is 0 Å². The summed E-state index contributed by atoms with van der Waals surface area (Å²) in [6.45, 7) is 3.70. The molecule has 0 aromatic heterocycles. The van der Waals surface area contributed by atoms with E-state index in [-0.39, 0.29) is 35.4 Å². The molecule has 7 nitrogen and oxygen atoms in total. The summed E-state index contributed by atoms with van der Waals surface area (Å²) in [5, 5.41) is 3.41. The first-order valence-corrected chi connectivity index (χ1v) is 16.1. The number of anilines is 1. The van der Waals surface area contributed by atoms with Gasteiger partial charge in [-0.3, -0.25) is 13.9 Å². The standard InChI is InChI=1S/C34H35ClFN3O4S/c1-25(2)22-37-34(41)32(21-26-10-5-3-6-11-26)38(23-27-12-9-13-28(35)20-27)33(40)24-39(30-18-16-29(36)17-19-30)44(42,43)31-14-7-4-8-15-31/h3-20,25,32H,21-24H2,1-2H3,(H,37,41)/t32-/m0/s1. The van der Waals surface area contributed by atoms with Crippen molar-refractivity contribution in [3.63, 3.8) is 0 Å². The lowest BCUT2D eigenvalue weighted by atomic mass is 10.0. The topological polar surface area (TPSA) is 86.8 Å². The fourth-order valence-corrected chi connectivity index (χ4v) is 6.31. The minimum absolute atomic E-state index is 0.00532. The highest BCUT2D eigenvalue weighted by atomic mass is 35.5. The molecule has 0 saturated carbocycles. The van der Waals surface area contributed by atoms with E-state index in [0.717, 1.165) is 22.0 Å². The second-order valence-corrected chi connectivity index (χ2v) is 13.1. The SMILES string of the molecule is CC(C)CNC(=O)[C@H](Cc1ccccc1)N(Cc1cccc(Cl)c1)C(=O)CN(c1ccc(F)cc1)S(=O)(=O)c1ccccc1. The second-order valence-electron chi connectivity index (χ2n) is 10.8. The van der Waals surface area contributed by atoms with E-state index >= 15 is 0 Å². The van der Waals surface area contributed by atoms with Crippen LogP contribution in [0.2, 0.25) is 5.02 Å². The van der Waals surface area contributed by atoms with Gasteiger partial charge in [-0.15, -0.1) is 0 Å². The van der Waals surface area contributed by atoms with Crippen molar-refractivity contribution in [3.8, 4) is 0 Å². The van der Waals surface area contributed by atoms with Gasteiger partial charge in [-0.2, -0.15) is 0 Å². The maximum absolute atomic E-state index is 14.4. The second kappa shape index (κ2) is 15.0. The number of amides is 2. The van der Waals surface area contributed by atoms with Gasteiger partial charge < -0.3 is 10.2 Å². The molecule has 0 aliphatic carbocycles. The number of carbonyl (C=O) groups is 2. The number of benzene rings is 4. The van der Waals surface area contributed by atoms with Crippen LogP contribution in [0.5, 0.6) is 0 Å². The molecule has 0 spiro atoms. The molecule has 1 atom stereocenters. The highest BCUT2D eigenvalue weighted by Gasteiger charge is 2.34. The van der Waals surface area contributed by atoms with Crippen LogP contribution in [0.25, 0.3) is 0 Å². The normalized spacial score (nSPS) is 12.0. The molecule has 0 saturated heterocycles. The van der Waals surface area contributed by atoms with Crippen molar-refractivity contribution in [2.45, 2.75) is 37.8 Å². The Kier molecular flexibility index (Phi) is 11.1. The smallest absolute Gasteiger partial charge is 0.264 e. The van der Waals surface area contributed by atoms with Crippen LogP contribution >= 0.6 is 11.6 Å². The number of hydrogen-bond donors (Lipinski definition) is 1. The van der Waals surface area contributed by atoms with Crippen molar-refractivity contribution in [2.75, 3.05) is 17.4 Å². The predicted molar refractivity (Wildman–Crippen MR) is 171 cm³/mol. The minimum atomic E-state index is -4.26. The Morgan fingerprint density at radius 1 is 0.841 bits per heavy atom. The molecule has 0 unspecified atom stereocenters. The Morgan fingerprint density at radius 3 is 2.07 bits per heavy atom. The lowest BCUT2D eigenvalue weighted by Gasteiger charge is -2.34. The summed E-state index contributed by atoms with van der Waals surface area (Å²) in [5.74, 6) is -1.37. The Hall–Kier alpha value is -4.21. The zero-order valence-electron chi connectivity index (χ0n) is 24.6. The van der Waals surface area contributed by atoms with Gasteiger partial charge in [-0.05, 0) is 65.6 Å². The van der Waals surface area contributed by atoms with Crippen LogP contribution in [0, 0.1) is 11.7 Å². The average molecular weight is 636 g/mol. The van der Waals surface area contributed by atoms with E-state index in [1.54, 1.807) is 42.5 Å². The number of nitrogens with one attached hydrogen (secondary N) is 1. The van der Waals surface area contributed by atoms with Crippen LogP contribution in [-0.2, 0) is 32.6 Å². The molecule has 0 radical (unpaired) electrons. The van der Waals surface area contributed by atoms with E-state index in [2.05, 4.69) is 5.32 Å². The monoisotopic (exact) mass is 635 g/mol. The first-order valence-electron chi connectivity index (χ1n) is 14.2. The van der Waals surface area contributed by atoms with E-state index in [9.17, 15) is 22.4 Å². The Bertz CT molecular complexity index is 1650. The van der Waals surface area contributed by atoms with Gasteiger partial charge in [0.25, 0.3) is 10.0 Å². The number of rotatable bonds is 13. The first kappa shape index (κ1) is 32.7.